The van der Waals surface area contributed by atoms with E-state index in [1.54, 1.807) is 6.20 Å². The molecule has 0 amide bonds. The monoisotopic (exact) mass is 472 g/mol. The van der Waals surface area contributed by atoms with Crippen molar-refractivity contribution in [3.63, 3.8) is 0 Å². The molecule has 7 N–H and O–H groups in total. The Balaban J connectivity index is 2.01. The molecule has 0 aromatic heterocycles. The van der Waals surface area contributed by atoms with E-state index in [2.05, 4.69) is 40.7 Å². The Hall–Kier alpha value is -0.670. The Bertz CT molecular complexity index is 852. The summed E-state index contributed by atoms with van der Waals surface area (Å²) < 4.78 is 27.4. The summed E-state index contributed by atoms with van der Waals surface area (Å²) in [4.78, 5) is 28.7. The Morgan fingerprint density at radius 1 is 1.17 bits per heavy atom. The highest BCUT2D eigenvalue weighted by atomic mass is 31.3. The van der Waals surface area contributed by atoms with Gasteiger partial charge in [0.2, 0.25) is 0 Å². The van der Waals surface area contributed by atoms with Crippen LogP contribution in [0.25, 0.3) is 0 Å². The zero-order valence-electron chi connectivity index (χ0n) is 15.8. The minimum Gasteiger partial charge on any atom is -0.388 e. The van der Waals surface area contributed by atoms with Crippen LogP contribution in [0.15, 0.2) is 36.4 Å². The number of aliphatic hydroxyl groups is 2. The van der Waals surface area contributed by atoms with Crippen molar-refractivity contribution >= 4 is 35.1 Å². The van der Waals surface area contributed by atoms with Gasteiger partial charge in [-0.05, 0) is 12.7 Å². The molecule has 0 spiro atoms. The summed E-state index contributed by atoms with van der Waals surface area (Å²) in [5.41, 5.74) is 0.947. The van der Waals surface area contributed by atoms with Crippen LogP contribution in [-0.4, -0.2) is 74.7 Å². The van der Waals surface area contributed by atoms with Crippen molar-refractivity contribution < 1.29 is 42.8 Å². The van der Waals surface area contributed by atoms with Gasteiger partial charge in [0, 0.05) is 30.3 Å². The normalized spacial score (nSPS) is 32.0. The second-order valence-electron chi connectivity index (χ2n) is 6.86. The zero-order valence-corrected chi connectivity index (χ0v) is 18.5. The van der Waals surface area contributed by atoms with Crippen LogP contribution in [-0.2, 0) is 17.9 Å². The molecule has 0 aromatic rings. The third kappa shape index (κ3) is 6.92. The fourth-order valence-corrected chi connectivity index (χ4v) is 8.42. The van der Waals surface area contributed by atoms with E-state index in [0.29, 0.717) is 17.1 Å². The van der Waals surface area contributed by atoms with Crippen LogP contribution >= 0.6 is 22.5 Å². The van der Waals surface area contributed by atoms with Gasteiger partial charge in [0.25, 0.3) is 7.57 Å². The second kappa shape index (κ2) is 8.83. The minimum atomic E-state index is -4.10. The van der Waals surface area contributed by atoms with Crippen molar-refractivity contribution in [3.05, 3.63) is 36.4 Å². The fourth-order valence-electron chi connectivity index (χ4n) is 2.94. The molecule has 1 saturated heterocycles. The van der Waals surface area contributed by atoms with Gasteiger partial charge in [0.15, 0.2) is 0 Å². The van der Waals surface area contributed by atoms with Crippen LogP contribution in [0.3, 0.4) is 0 Å². The lowest BCUT2D eigenvalue weighted by Gasteiger charge is -2.26. The molecule has 0 radical (unpaired) electrons. The molecule has 1 fully saturated rings. The van der Waals surface area contributed by atoms with E-state index in [1.165, 1.54) is 0 Å². The molecule has 2 aliphatic heterocycles. The van der Waals surface area contributed by atoms with Crippen molar-refractivity contribution in [1.82, 2.24) is 10.6 Å². The van der Waals surface area contributed by atoms with Gasteiger partial charge in [0.1, 0.15) is 25.7 Å². The van der Waals surface area contributed by atoms with Crippen molar-refractivity contribution in [2.45, 2.75) is 30.8 Å². The third-order valence-electron chi connectivity index (χ3n) is 4.06. The molecule has 0 aromatic carbocycles. The first-order valence-electron chi connectivity index (χ1n) is 8.38. The predicted octanol–water partition coefficient (Wildman–Crippen LogP) is 0.234. The highest BCUT2D eigenvalue weighted by molar-refractivity contribution is 7.76. The van der Waals surface area contributed by atoms with E-state index in [0.717, 1.165) is 6.66 Å². The van der Waals surface area contributed by atoms with E-state index in [-0.39, 0.29) is 12.6 Å². The molecular weight excluding hydrogens is 445 g/mol. The van der Waals surface area contributed by atoms with Gasteiger partial charge in [-0.2, -0.15) is 0 Å². The molecule has 11 nitrogen and oxygen atoms in total. The molecule has 2 heterocycles. The summed E-state index contributed by atoms with van der Waals surface area (Å²) in [6.45, 7) is 8.46. The Labute approximate surface area is 169 Å². The van der Waals surface area contributed by atoms with E-state index in [1.807, 2.05) is 0 Å². The number of hydrogen-bond donors (Lipinski definition) is 7. The number of ether oxygens (including phenoxy) is 1. The molecule has 14 heteroatoms. The maximum Gasteiger partial charge on any atom is 0.339 e. The summed E-state index contributed by atoms with van der Waals surface area (Å²) in [7, 11) is -11.7. The summed E-state index contributed by atoms with van der Waals surface area (Å²) in [5, 5.41) is 26.4. The fraction of sp³-hybridized carbons (Fsp3) is 0.467. The van der Waals surface area contributed by atoms with Crippen LogP contribution in [0.4, 0.5) is 0 Å². The van der Waals surface area contributed by atoms with Crippen molar-refractivity contribution in [2.75, 3.05) is 12.8 Å². The van der Waals surface area contributed by atoms with Gasteiger partial charge in [0.05, 0.1) is 11.9 Å². The first-order chi connectivity index (χ1) is 13.1. The molecule has 2 rings (SSSR count). The highest BCUT2D eigenvalue weighted by Crippen LogP contribution is 2.66. The van der Waals surface area contributed by atoms with Gasteiger partial charge in [-0.3, -0.25) is 8.88 Å². The molecule has 6 atom stereocenters. The van der Waals surface area contributed by atoms with E-state index >= 15 is 0 Å². The molecular formula is C15H27N2O9P3. The van der Waals surface area contributed by atoms with Crippen molar-refractivity contribution in [2.24, 2.45) is 0 Å². The zero-order chi connectivity index (χ0) is 22.2. The average molecular weight is 472 g/mol. The topological polar surface area (TPSA) is 170 Å². The van der Waals surface area contributed by atoms with E-state index in [4.69, 9.17) is 9.05 Å². The predicted molar refractivity (Wildman–Crippen MR) is 113 cm³/mol. The van der Waals surface area contributed by atoms with Gasteiger partial charge < -0.3 is 40.3 Å². The van der Waals surface area contributed by atoms with Crippen LogP contribution < -0.4 is 10.6 Å². The standard InChI is InChI=1S/C15H27N2O9P3/c1-9-11(8-16-10(2)17-9)15-14(19)13(18)12(24-15)6-7-27(3,20)25-29(5,23)26-28(4,21)22/h8,12-22H,1-4,6-7H2,5H3/t12-,13?,14+,15+,27?,29?/m1/s1. The maximum absolute atomic E-state index is 12.2. The van der Waals surface area contributed by atoms with E-state index < -0.39 is 46.9 Å². The molecule has 0 saturated carbocycles. The maximum atomic E-state index is 12.2. The lowest BCUT2D eigenvalue weighted by molar-refractivity contribution is 0.0184. The summed E-state index contributed by atoms with van der Waals surface area (Å²) in [5.74, 6) is 0.498. The van der Waals surface area contributed by atoms with Crippen molar-refractivity contribution in [1.29, 1.82) is 0 Å². The number of rotatable bonds is 8. The van der Waals surface area contributed by atoms with Crippen LogP contribution in [0, 0.1) is 0 Å². The number of nitrogens with one attached hydrogen (secondary N) is 2. The third-order valence-corrected chi connectivity index (χ3v) is 9.66. The quantitative estimate of drug-likeness (QED) is 0.242. The lowest BCUT2D eigenvalue weighted by atomic mass is 9.99. The largest absolute Gasteiger partial charge is 0.388 e. The average Bonchev–Trinajstić information content (AvgIpc) is 2.78. The molecule has 2 aliphatic rings. The smallest absolute Gasteiger partial charge is 0.339 e. The number of aliphatic hydroxyl groups excluding tert-OH is 2. The minimum absolute atomic E-state index is 0.0126. The van der Waals surface area contributed by atoms with Gasteiger partial charge in [-0.25, -0.2) is 4.31 Å². The molecule has 166 valence electrons. The Morgan fingerprint density at radius 3 is 2.34 bits per heavy atom. The molecule has 0 bridgehead atoms. The van der Waals surface area contributed by atoms with Crippen LogP contribution in [0.2, 0.25) is 0 Å². The Morgan fingerprint density at radius 2 is 1.79 bits per heavy atom. The lowest BCUT2D eigenvalue weighted by Crippen LogP contribution is -2.37. The van der Waals surface area contributed by atoms with Crippen LogP contribution in [0.5, 0.6) is 0 Å². The van der Waals surface area contributed by atoms with Gasteiger partial charge in [-0.15, -0.1) is 0 Å². The second-order valence-corrected chi connectivity index (χ2v) is 13.2. The van der Waals surface area contributed by atoms with Gasteiger partial charge in [-0.1, -0.05) is 19.5 Å². The van der Waals surface area contributed by atoms with E-state index in [9.17, 15) is 29.5 Å². The SMILES string of the molecule is C=C1NC=C([C@@H]2O[C@H](CCP(=C)(O)OP(C)(=O)OP(=C)(O)O)C(O)[C@@H]2O)C(=C)N1. The molecule has 0 aliphatic carbocycles. The number of hydrogen-bond acceptors (Lipinski definition) is 11. The molecule has 3 unspecified atom stereocenters. The summed E-state index contributed by atoms with van der Waals surface area (Å²) >= 11 is 0. The van der Waals surface area contributed by atoms with Crippen LogP contribution in [0.1, 0.15) is 6.42 Å². The first kappa shape index (κ1) is 24.6. The highest BCUT2D eigenvalue weighted by Gasteiger charge is 2.45. The van der Waals surface area contributed by atoms with Gasteiger partial charge >= 0.3 is 7.60 Å². The molecule has 29 heavy (non-hydrogen) atoms. The summed E-state index contributed by atoms with van der Waals surface area (Å²) in [6, 6.07) is 0. The first-order valence-corrected chi connectivity index (χ1v) is 14.2. The Kier molecular flexibility index (Phi) is 7.49. The summed E-state index contributed by atoms with van der Waals surface area (Å²) in [6.07, 6.45) is 3.54. The van der Waals surface area contributed by atoms with Crippen molar-refractivity contribution in [3.8, 4) is 0 Å².